The van der Waals surface area contributed by atoms with E-state index in [1.807, 2.05) is 0 Å². The summed E-state index contributed by atoms with van der Waals surface area (Å²) in [6.45, 7) is 0.109. The molecule has 0 saturated carbocycles. The Morgan fingerprint density at radius 2 is 1.62 bits per heavy atom. The molecule has 2 rings (SSSR count). The maximum atomic E-state index is 13.4. The van der Waals surface area contributed by atoms with E-state index in [2.05, 4.69) is 5.32 Å². The van der Waals surface area contributed by atoms with Gasteiger partial charge in [-0.2, -0.15) is 13.2 Å². The van der Waals surface area contributed by atoms with Gasteiger partial charge in [0.2, 0.25) is 0 Å². The minimum absolute atomic E-state index is 0.0704. The summed E-state index contributed by atoms with van der Waals surface area (Å²) in [4.78, 5) is 0.0704. The Morgan fingerprint density at radius 3 is 2.19 bits per heavy atom. The molecular formula is C14H10F5NS. The summed E-state index contributed by atoms with van der Waals surface area (Å²) < 4.78 is 62.6. The fourth-order valence-electron chi connectivity index (χ4n) is 1.64. The molecular weight excluding hydrogens is 309 g/mol. The number of anilines is 1. The van der Waals surface area contributed by atoms with Crippen molar-refractivity contribution in [3.05, 3.63) is 59.7 Å². The average Bonchev–Trinajstić information content (AvgIpc) is 2.38. The van der Waals surface area contributed by atoms with Gasteiger partial charge in [-0.05, 0) is 42.1 Å². The van der Waals surface area contributed by atoms with Gasteiger partial charge in [0.25, 0.3) is 0 Å². The highest BCUT2D eigenvalue weighted by atomic mass is 32.2. The summed E-state index contributed by atoms with van der Waals surface area (Å²) in [7, 11) is 0. The van der Waals surface area contributed by atoms with Crippen molar-refractivity contribution in [3.8, 4) is 0 Å². The van der Waals surface area contributed by atoms with E-state index in [-0.39, 0.29) is 28.8 Å². The van der Waals surface area contributed by atoms with Gasteiger partial charge in [-0.25, -0.2) is 8.78 Å². The zero-order valence-electron chi connectivity index (χ0n) is 10.5. The van der Waals surface area contributed by atoms with Crippen molar-refractivity contribution in [1.82, 2.24) is 0 Å². The third kappa shape index (κ3) is 4.93. The lowest BCUT2D eigenvalue weighted by molar-refractivity contribution is -0.0328. The maximum absolute atomic E-state index is 13.4. The predicted molar refractivity (Wildman–Crippen MR) is 72.0 cm³/mol. The van der Waals surface area contributed by atoms with Crippen LogP contribution in [-0.4, -0.2) is 5.51 Å². The fraction of sp³-hybridized carbons (Fsp3) is 0.143. The molecule has 1 nitrogen and oxygen atoms in total. The highest BCUT2D eigenvalue weighted by molar-refractivity contribution is 8.00. The van der Waals surface area contributed by atoms with Gasteiger partial charge in [-0.1, -0.05) is 6.07 Å². The summed E-state index contributed by atoms with van der Waals surface area (Å²) in [5.41, 5.74) is -3.51. The third-order valence-electron chi connectivity index (χ3n) is 2.59. The van der Waals surface area contributed by atoms with Crippen molar-refractivity contribution in [1.29, 1.82) is 0 Å². The van der Waals surface area contributed by atoms with Gasteiger partial charge >= 0.3 is 5.51 Å². The summed E-state index contributed by atoms with van der Waals surface area (Å²) in [5.74, 6) is -1.34. The lowest BCUT2D eigenvalue weighted by Gasteiger charge is -2.09. The smallest absolute Gasteiger partial charge is 0.381 e. The molecule has 21 heavy (non-hydrogen) atoms. The second kappa shape index (κ2) is 6.34. The molecule has 0 radical (unpaired) electrons. The Hall–Kier alpha value is -1.76. The van der Waals surface area contributed by atoms with E-state index in [4.69, 9.17) is 0 Å². The van der Waals surface area contributed by atoms with Crippen molar-refractivity contribution in [2.24, 2.45) is 0 Å². The Morgan fingerprint density at radius 1 is 0.952 bits per heavy atom. The second-order valence-electron chi connectivity index (χ2n) is 4.16. The molecule has 0 aromatic heterocycles. The maximum Gasteiger partial charge on any atom is 0.446 e. The van der Waals surface area contributed by atoms with Gasteiger partial charge in [0, 0.05) is 28.8 Å². The Labute approximate surface area is 122 Å². The molecule has 2 aromatic rings. The molecule has 0 aliphatic rings. The van der Waals surface area contributed by atoms with Crippen molar-refractivity contribution < 1.29 is 22.0 Å². The van der Waals surface area contributed by atoms with Crippen LogP contribution in [0.25, 0.3) is 0 Å². The van der Waals surface area contributed by atoms with E-state index in [0.29, 0.717) is 5.69 Å². The fourth-order valence-corrected chi connectivity index (χ4v) is 2.18. The van der Waals surface area contributed by atoms with Crippen LogP contribution in [0, 0.1) is 11.6 Å². The van der Waals surface area contributed by atoms with Crippen LogP contribution in [0.15, 0.2) is 47.4 Å². The van der Waals surface area contributed by atoms with E-state index >= 15 is 0 Å². The molecule has 0 unspecified atom stereocenters. The average molecular weight is 319 g/mol. The molecule has 0 spiro atoms. The topological polar surface area (TPSA) is 12.0 Å². The lowest BCUT2D eigenvalue weighted by Crippen LogP contribution is -2.02. The normalized spacial score (nSPS) is 11.5. The van der Waals surface area contributed by atoms with E-state index in [1.54, 1.807) is 0 Å². The summed E-state index contributed by atoms with van der Waals surface area (Å²) in [6.07, 6.45) is 0. The van der Waals surface area contributed by atoms with Gasteiger partial charge < -0.3 is 5.32 Å². The number of alkyl halides is 3. The van der Waals surface area contributed by atoms with Crippen molar-refractivity contribution in [3.63, 3.8) is 0 Å². The van der Waals surface area contributed by atoms with Crippen LogP contribution in [0.4, 0.5) is 27.6 Å². The number of nitrogens with one attached hydrogen (secondary N) is 1. The number of hydrogen-bond donors (Lipinski definition) is 1. The Bertz CT molecular complexity index is 610. The molecule has 2 aromatic carbocycles. The zero-order chi connectivity index (χ0) is 15.5. The standard InChI is InChI=1S/C14H10F5NS/c15-10-2-1-9(13(16)7-10)8-20-11-3-5-12(6-4-11)21-14(17,18)19/h1-7,20H,8H2. The Kier molecular flexibility index (Phi) is 4.72. The van der Waals surface area contributed by atoms with Crippen LogP contribution in [-0.2, 0) is 6.54 Å². The monoisotopic (exact) mass is 319 g/mol. The molecule has 7 heteroatoms. The van der Waals surface area contributed by atoms with E-state index in [9.17, 15) is 22.0 Å². The van der Waals surface area contributed by atoms with E-state index in [1.165, 1.54) is 30.3 Å². The third-order valence-corrected chi connectivity index (χ3v) is 3.33. The first-order valence-corrected chi connectivity index (χ1v) is 6.69. The molecule has 0 bridgehead atoms. The summed E-state index contributed by atoms with van der Waals surface area (Å²) in [6, 6.07) is 8.81. The molecule has 0 fully saturated rings. The number of benzene rings is 2. The van der Waals surface area contributed by atoms with Gasteiger partial charge in [-0.15, -0.1) is 0 Å². The molecule has 0 heterocycles. The predicted octanol–water partition coefficient (Wildman–Crippen LogP) is 5.19. The number of hydrogen-bond acceptors (Lipinski definition) is 2. The van der Waals surface area contributed by atoms with Crippen LogP contribution in [0.3, 0.4) is 0 Å². The minimum Gasteiger partial charge on any atom is -0.381 e. The van der Waals surface area contributed by atoms with Crippen LogP contribution >= 0.6 is 11.8 Å². The second-order valence-corrected chi connectivity index (χ2v) is 5.30. The number of halogens is 5. The highest BCUT2D eigenvalue weighted by Gasteiger charge is 2.28. The number of rotatable bonds is 4. The van der Waals surface area contributed by atoms with Crippen LogP contribution in [0.1, 0.15) is 5.56 Å². The van der Waals surface area contributed by atoms with Crippen molar-refractivity contribution in [2.45, 2.75) is 16.9 Å². The molecule has 112 valence electrons. The van der Waals surface area contributed by atoms with Gasteiger partial charge in [0.15, 0.2) is 0 Å². The lowest BCUT2D eigenvalue weighted by atomic mass is 10.2. The van der Waals surface area contributed by atoms with Gasteiger partial charge in [-0.3, -0.25) is 0 Å². The van der Waals surface area contributed by atoms with E-state index < -0.39 is 17.1 Å². The molecule has 1 N–H and O–H groups in total. The zero-order valence-corrected chi connectivity index (χ0v) is 11.4. The Balaban J connectivity index is 1.97. The molecule has 0 amide bonds. The first-order valence-electron chi connectivity index (χ1n) is 5.87. The van der Waals surface area contributed by atoms with Gasteiger partial charge in [0.1, 0.15) is 11.6 Å². The van der Waals surface area contributed by atoms with Crippen LogP contribution in [0.2, 0.25) is 0 Å². The summed E-state index contributed by atoms with van der Waals surface area (Å²) in [5, 5.41) is 2.86. The van der Waals surface area contributed by atoms with Crippen molar-refractivity contribution >= 4 is 17.4 Å². The SMILES string of the molecule is Fc1ccc(CNc2ccc(SC(F)(F)F)cc2)c(F)c1. The highest BCUT2D eigenvalue weighted by Crippen LogP contribution is 2.37. The molecule has 0 saturated heterocycles. The minimum atomic E-state index is -4.33. The quantitative estimate of drug-likeness (QED) is 0.615. The van der Waals surface area contributed by atoms with Gasteiger partial charge in [0.05, 0.1) is 0 Å². The van der Waals surface area contributed by atoms with Crippen molar-refractivity contribution in [2.75, 3.05) is 5.32 Å². The molecule has 0 aliphatic heterocycles. The molecule has 0 aliphatic carbocycles. The summed E-state index contributed by atoms with van der Waals surface area (Å²) >= 11 is -0.201. The van der Waals surface area contributed by atoms with Crippen LogP contribution in [0.5, 0.6) is 0 Å². The van der Waals surface area contributed by atoms with Crippen LogP contribution < -0.4 is 5.32 Å². The van der Waals surface area contributed by atoms with E-state index in [0.717, 1.165) is 12.1 Å². The first kappa shape index (κ1) is 15.6. The largest absolute Gasteiger partial charge is 0.446 e. The number of thioether (sulfide) groups is 1. The first-order chi connectivity index (χ1) is 9.83. The molecule has 0 atom stereocenters.